The molecule has 0 unspecified atom stereocenters. The molecular formula is C25H29N3O. The molecule has 29 heavy (non-hydrogen) atoms. The summed E-state index contributed by atoms with van der Waals surface area (Å²) in [5, 5.41) is 19.3. The third-order valence-corrected chi connectivity index (χ3v) is 7.02. The summed E-state index contributed by atoms with van der Waals surface area (Å²) in [6.45, 7) is 1.79. The van der Waals surface area contributed by atoms with Gasteiger partial charge >= 0.3 is 0 Å². The van der Waals surface area contributed by atoms with Gasteiger partial charge in [-0.3, -0.25) is 10.00 Å². The summed E-state index contributed by atoms with van der Waals surface area (Å²) in [7, 11) is 0. The number of aliphatic hydroxyl groups is 1. The number of piperidine rings is 1. The zero-order valence-corrected chi connectivity index (χ0v) is 16.8. The maximum Gasteiger partial charge on any atom is 0.0951 e. The van der Waals surface area contributed by atoms with Crippen LogP contribution in [0, 0.1) is 5.92 Å². The summed E-state index contributed by atoms with van der Waals surface area (Å²) < 4.78 is 0. The highest BCUT2D eigenvalue weighted by Gasteiger charge is 2.49. The van der Waals surface area contributed by atoms with Crippen LogP contribution in [0.15, 0.2) is 66.9 Å². The van der Waals surface area contributed by atoms with Gasteiger partial charge in [0.25, 0.3) is 0 Å². The third-order valence-electron chi connectivity index (χ3n) is 7.02. The largest absolute Gasteiger partial charge is 0.385 e. The van der Waals surface area contributed by atoms with Crippen LogP contribution in [0.4, 0.5) is 0 Å². The predicted octanol–water partition coefficient (Wildman–Crippen LogP) is 4.73. The first kappa shape index (κ1) is 18.6. The molecule has 2 fully saturated rings. The van der Waals surface area contributed by atoms with E-state index in [2.05, 4.69) is 63.6 Å². The Balaban J connectivity index is 1.42. The Kier molecular flexibility index (Phi) is 4.98. The van der Waals surface area contributed by atoms with Crippen molar-refractivity contribution in [3.05, 3.63) is 78.0 Å². The van der Waals surface area contributed by atoms with Crippen LogP contribution in [0.25, 0.3) is 11.3 Å². The number of H-pyrrole nitrogens is 1. The van der Waals surface area contributed by atoms with Gasteiger partial charge in [0.1, 0.15) is 0 Å². The number of aromatic amines is 1. The highest BCUT2D eigenvalue weighted by Crippen LogP contribution is 2.47. The summed E-state index contributed by atoms with van der Waals surface area (Å²) in [6.07, 6.45) is 7.49. The van der Waals surface area contributed by atoms with Gasteiger partial charge in [0.2, 0.25) is 0 Å². The lowest BCUT2D eigenvalue weighted by Crippen LogP contribution is -2.57. The van der Waals surface area contributed by atoms with Gasteiger partial charge in [0.15, 0.2) is 0 Å². The minimum absolute atomic E-state index is 0.291. The number of hydrogen-bond acceptors (Lipinski definition) is 3. The number of aromatic nitrogens is 2. The smallest absolute Gasteiger partial charge is 0.0951 e. The van der Waals surface area contributed by atoms with Crippen LogP contribution in [0.1, 0.15) is 43.2 Å². The van der Waals surface area contributed by atoms with Crippen LogP contribution in [-0.4, -0.2) is 32.8 Å². The molecule has 4 nitrogen and oxygen atoms in total. The second-order valence-corrected chi connectivity index (χ2v) is 8.61. The molecule has 2 N–H and O–H groups in total. The normalized spacial score (nSPS) is 27.5. The van der Waals surface area contributed by atoms with Crippen LogP contribution in [0.3, 0.4) is 0 Å². The molecule has 0 bridgehead atoms. The summed E-state index contributed by atoms with van der Waals surface area (Å²) in [5.41, 5.74) is 3.91. The lowest BCUT2D eigenvalue weighted by atomic mass is 9.66. The molecule has 3 aromatic rings. The SMILES string of the molecule is O[C@@]1(c2ccccc2)CCN(Cc2cn[nH]c2-c2ccccc2)[C@@H]2CCCC[C@@H]21. The molecule has 3 atom stereocenters. The number of nitrogens with zero attached hydrogens (tertiary/aromatic N) is 2. The standard InChI is InChI=1S/C25H29N3O/c29-25(21-11-5-2-6-12-21)15-16-28(23-14-8-7-13-22(23)25)18-20-17-26-27-24(20)19-9-3-1-4-10-19/h1-6,9-12,17,22-23,29H,7-8,13-16,18H2,(H,26,27)/t22-,23+,25+/m0/s1. The van der Waals surface area contributed by atoms with E-state index in [0.717, 1.165) is 37.2 Å². The second-order valence-electron chi connectivity index (χ2n) is 8.61. The maximum absolute atomic E-state index is 11.8. The molecular weight excluding hydrogens is 358 g/mol. The average molecular weight is 388 g/mol. The van der Waals surface area contributed by atoms with E-state index in [0.29, 0.717) is 12.0 Å². The Labute approximate surface area is 172 Å². The highest BCUT2D eigenvalue weighted by molar-refractivity contribution is 5.62. The van der Waals surface area contributed by atoms with Crippen LogP contribution >= 0.6 is 0 Å². The Morgan fingerprint density at radius 2 is 1.72 bits per heavy atom. The van der Waals surface area contributed by atoms with Gasteiger partial charge in [-0.15, -0.1) is 0 Å². The summed E-state index contributed by atoms with van der Waals surface area (Å²) >= 11 is 0. The molecule has 4 heteroatoms. The van der Waals surface area contributed by atoms with Gasteiger partial charge in [0, 0.05) is 30.6 Å². The van der Waals surface area contributed by atoms with E-state index in [1.165, 1.54) is 30.4 Å². The van der Waals surface area contributed by atoms with Crippen molar-refractivity contribution in [3.63, 3.8) is 0 Å². The van der Waals surface area contributed by atoms with E-state index in [9.17, 15) is 5.11 Å². The summed E-state index contributed by atoms with van der Waals surface area (Å²) in [5.74, 6) is 0.291. The van der Waals surface area contributed by atoms with E-state index < -0.39 is 5.60 Å². The molecule has 1 aromatic heterocycles. The fourth-order valence-corrected chi connectivity index (χ4v) is 5.56. The second kappa shape index (κ2) is 7.77. The minimum atomic E-state index is -0.707. The molecule has 0 amide bonds. The van der Waals surface area contributed by atoms with Crippen molar-refractivity contribution in [3.8, 4) is 11.3 Å². The molecule has 2 aromatic carbocycles. The molecule has 1 saturated carbocycles. The molecule has 1 aliphatic carbocycles. The topological polar surface area (TPSA) is 52.1 Å². The third kappa shape index (κ3) is 3.41. The predicted molar refractivity (Wildman–Crippen MR) is 115 cm³/mol. The zero-order chi connectivity index (χ0) is 19.7. The number of likely N-dealkylation sites (tertiary alicyclic amines) is 1. The maximum atomic E-state index is 11.8. The van der Waals surface area contributed by atoms with Crippen LogP contribution < -0.4 is 0 Å². The molecule has 5 rings (SSSR count). The fourth-order valence-electron chi connectivity index (χ4n) is 5.56. The Morgan fingerprint density at radius 1 is 1.00 bits per heavy atom. The van der Waals surface area contributed by atoms with Crippen LogP contribution in [0.5, 0.6) is 0 Å². The molecule has 0 spiro atoms. The number of benzene rings is 2. The number of rotatable bonds is 4. The highest BCUT2D eigenvalue weighted by atomic mass is 16.3. The minimum Gasteiger partial charge on any atom is -0.385 e. The average Bonchev–Trinajstić information content (AvgIpc) is 3.25. The van der Waals surface area contributed by atoms with E-state index in [4.69, 9.17) is 0 Å². The summed E-state index contributed by atoms with van der Waals surface area (Å²) in [6, 6.07) is 21.2. The monoisotopic (exact) mass is 387 g/mol. The van der Waals surface area contributed by atoms with Crippen LogP contribution in [0.2, 0.25) is 0 Å². The fraction of sp³-hybridized carbons (Fsp3) is 0.400. The van der Waals surface area contributed by atoms with E-state index in [-0.39, 0.29) is 0 Å². The quantitative estimate of drug-likeness (QED) is 0.680. The molecule has 2 heterocycles. The number of hydrogen-bond donors (Lipinski definition) is 2. The van der Waals surface area contributed by atoms with Gasteiger partial charge in [-0.05, 0) is 30.4 Å². The van der Waals surface area contributed by atoms with Crippen molar-refractivity contribution in [2.45, 2.75) is 50.3 Å². The van der Waals surface area contributed by atoms with E-state index >= 15 is 0 Å². The molecule has 2 aliphatic rings. The molecule has 0 radical (unpaired) electrons. The van der Waals surface area contributed by atoms with Crippen molar-refractivity contribution in [2.75, 3.05) is 6.54 Å². The van der Waals surface area contributed by atoms with Gasteiger partial charge in [-0.25, -0.2) is 0 Å². The van der Waals surface area contributed by atoms with Crippen molar-refractivity contribution >= 4 is 0 Å². The number of nitrogens with one attached hydrogen (secondary N) is 1. The Bertz CT molecular complexity index is 939. The van der Waals surface area contributed by atoms with Crippen molar-refractivity contribution in [1.82, 2.24) is 15.1 Å². The molecule has 150 valence electrons. The van der Waals surface area contributed by atoms with Crippen molar-refractivity contribution in [2.24, 2.45) is 5.92 Å². The summed E-state index contributed by atoms with van der Waals surface area (Å²) in [4.78, 5) is 2.60. The van der Waals surface area contributed by atoms with Gasteiger partial charge in [-0.2, -0.15) is 5.10 Å². The molecule has 1 aliphatic heterocycles. The van der Waals surface area contributed by atoms with Crippen molar-refractivity contribution in [1.29, 1.82) is 0 Å². The Hall–Kier alpha value is -2.43. The Morgan fingerprint density at radius 3 is 2.52 bits per heavy atom. The van der Waals surface area contributed by atoms with Crippen molar-refractivity contribution < 1.29 is 5.11 Å². The van der Waals surface area contributed by atoms with E-state index in [1.807, 2.05) is 18.3 Å². The van der Waals surface area contributed by atoms with E-state index in [1.54, 1.807) is 0 Å². The molecule has 1 saturated heterocycles. The van der Waals surface area contributed by atoms with Crippen LogP contribution in [-0.2, 0) is 12.1 Å². The van der Waals surface area contributed by atoms with Gasteiger partial charge < -0.3 is 5.11 Å². The van der Waals surface area contributed by atoms with Gasteiger partial charge in [-0.1, -0.05) is 73.5 Å². The first-order valence-corrected chi connectivity index (χ1v) is 10.9. The first-order valence-electron chi connectivity index (χ1n) is 10.9. The number of fused-ring (bicyclic) bond motifs is 1. The van der Waals surface area contributed by atoms with Gasteiger partial charge in [0.05, 0.1) is 17.5 Å². The lowest BCUT2D eigenvalue weighted by Gasteiger charge is -2.52. The first-order chi connectivity index (χ1) is 14.3. The zero-order valence-electron chi connectivity index (χ0n) is 16.8. The lowest BCUT2D eigenvalue weighted by molar-refractivity contribution is -0.122.